The highest BCUT2D eigenvalue weighted by atomic mass is 32.1. The molecule has 1 aromatic carbocycles. The minimum Gasteiger partial charge on any atom is -0.449 e. The van der Waals surface area contributed by atoms with Gasteiger partial charge in [-0.3, -0.25) is 4.79 Å². The number of benzene rings is 1. The molecule has 0 aliphatic heterocycles. The molecule has 0 bridgehead atoms. The molecule has 0 unspecified atom stereocenters. The maximum Gasteiger partial charge on any atom is 0.331 e. The number of ether oxygens (including phenoxy) is 1. The second-order valence-electron chi connectivity index (χ2n) is 4.97. The van der Waals surface area contributed by atoms with Crippen molar-refractivity contribution in [3.8, 4) is 0 Å². The molecular formula is C17H15F2NO3S. The lowest BCUT2D eigenvalue weighted by Gasteiger charge is -2.13. The van der Waals surface area contributed by atoms with Gasteiger partial charge in [-0.1, -0.05) is 6.07 Å². The SMILES string of the molecule is Cc1ccsc1/C=C/C(=O)O[C@@H](C)C(=O)Nc1c(F)cccc1F. The Kier molecular flexibility index (Phi) is 5.81. The number of aryl methyl sites for hydroxylation is 1. The second-order valence-corrected chi connectivity index (χ2v) is 5.91. The molecule has 1 aromatic heterocycles. The molecule has 0 radical (unpaired) electrons. The number of thiophene rings is 1. The number of anilines is 1. The van der Waals surface area contributed by atoms with Crippen molar-refractivity contribution in [2.45, 2.75) is 20.0 Å². The standard InChI is InChI=1S/C17H15F2NO3S/c1-10-8-9-24-14(10)6-7-15(21)23-11(2)17(22)20-16-12(18)4-3-5-13(16)19/h3-9,11H,1-2H3,(H,20,22)/b7-6+/t11-/m0/s1. The minimum absolute atomic E-state index is 0.574. The lowest BCUT2D eigenvalue weighted by Crippen LogP contribution is -2.30. The van der Waals surface area contributed by atoms with Crippen LogP contribution in [-0.4, -0.2) is 18.0 Å². The van der Waals surface area contributed by atoms with E-state index in [0.29, 0.717) is 0 Å². The summed E-state index contributed by atoms with van der Waals surface area (Å²) in [6.07, 6.45) is 1.58. The Morgan fingerprint density at radius 3 is 2.50 bits per heavy atom. The van der Waals surface area contributed by atoms with Crippen molar-refractivity contribution < 1.29 is 23.1 Å². The Balaban J connectivity index is 1.95. The summed E-state index contributed by atoms with van der Waals surface area (Å²) < 4.78 is 31.9. The van der Waals surface area contributed by atoms with E-state index < -0.39 is 35.3 Å². The van der Waals surface area contributed by atoms with Gasteiger partial charge in [0.15, 0.2) is 6.10 Å². The summed E-state index contributed by atoms with van der Waals surface area (Å²) in [7, 11) is 0. The largest absolute Gasteiger partial charge is 0.449 e. The monoisotopic (exact) mass is 351 g/mol. The molecule has 24 heavy (non-hydrogen) atoms. The van der Waals surface area contributed by atoms with E-state index in [4.69, 9.17) is 4.74 Å². The zero-order valence-electron chi connectivity index (χ0n) is 13.0. The number of nitrogens with one attached hydrogen (secondary N) is 1. The third-order valence-corrected chi connectivity index (χ3v) is 4.13. The number of carbonyl (C=O) groups excluding carboxylic acids is 2. The topological polar surface area (TPSA) is 55.4 Å². The van der Waals surface area contributed by atoms with Gasteiger partial charge in [0, 0.05) is 11.0 Å². The first-order chi connectivity index (χ1) is 11.4. The summed E-state index contributed by atoms with van der Waals surface area (Å²) in [5.41, 5.74) is 0.444. The van der Waals surface area contributed by atoms with Crippen LogP contribution in [0.1, 0.15) is 17.4 Å². The third-order valence-electron chi connectivity index (χ3n) is 3.15. The second kappa shape index (κ2) is 7.83. The van der Waals surface area contributed by atoms with E-state index in [1.54, 1.807) is 6.08 Å². The molecular weight excluding hydrogens is 336 g/mol. The van der Waals surface area contributed by atoms with Gasteiger partial charge in [-0.2, -0.15) is 0 Å². The molecule has 7 heteroatoms. The number of hydrogen-bond acceptors (Lipinski definition) is 4. The number of esters is 1. The van der Waals surface area contributed by atoms with Crippen molar-refractivity contribution in [3.63, 3.8) is 0 Å². The normalized spacial score (nSPS) is 12.2. The summed E-state index contributed by atoms with van der Waals surface area (Å²) >= 11 is 1.46. The lowest BCUT2D eigenvalue weighted by molar-refractivity contribution is -0.148. The Hall–Kier alpha value is -2.54. The maximum atomic E-state index is 13.5. The van der Waals surface area contributed by atoms with Gasteiger partial charge in [-0.15, -0.1) is 11.3 Å². The maximum absolute atomic E-state index is 13.5. The zero-order chi connectivity index (χ0) is 17.7. The molecule has 0 saturated heterocycles. The van der Waals surface area contributed by atoms with Gasteiger partial charge in [-0.25, -0.2) is 13.6 Å². The van der Waals surface area contributed by atoms with E-state index in [-0.39, 0.29) is 0 Å². The molecule has 0 spiro atoms. The molecule has 0 aliphatic rings. The van der Waals surface area contributed by atoms with Gasteiger partial charge in [0.1, 0.15) is 17.3 Å². The predicted octanol–water partition coefficient (Wildman–Crippen LogP) is 3.92. The van der Waals surface area contributed by atoms with Crippen LogP contribution in [0.2, 0.25) is 0 Å². The van der Waals surface area contributed by atoms with Crippen molar-refractivity contribution in [1.82, 2.24) is 0 Å². The van der Waals surface area contributed by atoms with Crippen LogP contribution in [0, 0.1) is 18.6 Å². The van der Waals surface area contributed by atoms with E-state index in [9.17, 15) is 18.4 Å². The van der Waals surface area contributed by atoms with Gasteiger partial charge >= 0.3 is 5.97 Å². The average molecular weight is 351 g/mol. The fourth-order valence-corrected chi connectivity index (χ4v) is 2.63. The average Bonchev–Trinajstić information content (AvgIpc) is 2.94. The summed E-state index contributed by atoms with van der Waals surface area (Å²) in [6, 6.07) is 5.12. The van der Waals surface area contributed by atoms with Crippen LogP contribution in [0.15, 0.2) is 35.7 Å². The molecule has 1 N–H and O–H groups in total. The van der Waals surface area contributed by atoms with Gasteiger partial charge < -0.3 is 10.1 Å². The molecule has 1 heterocycles. The molecule has 0 aliphatic carbocycles. The van der Waals surface area contributed by atoms with Crippen molar-refractivity contribution in [1.29, 1.82) is 0 Å². The highest BCUT2D eigenvalue weighted by molar-refractivity contribution is 7.11. The van der Waals surface area contributed by atoms with E-state index in [1.807, 2.05) is 18.4 Å². The van der Waals surface area contributed by atoms with Crippen molar-refractivity contribution >= 4 is 35.0 Å². The molecule has 126 valence electrons. The van der Waals surface area contributed by atoms with Crippen LogP contribution >= 0.6 is 11.3 Å². The molecule has 2 rings (SSSR count). The molecule has 0 fully saturated rings. The Morgan fingerprint density at radius 2 is 1.92 bits per heavy atom. The summed E-state index contributed by atoms with van der Waals surface area (Å²) in [6.45, 7) is 3.22. The fourth-order valence-electron chi connectivity index (χ4n) is 1.81. The van der Waals surface area contributed by atoms with Crippen molar-refractivity contribution in [2.75, 3.05) is 5.32 Å². The zero-order valence-corrected chi connectivity index (χ0v) is 13.8. The molecule has 2 aromatic rings. The van der Waals surface area contributed by atoms with E-state index >= 15 is 0 Å². The molecule has 1 amide bonds. The Bertz CT molecular complexity index is 766. The van der Waals surface area contributed by atoms with Gasteiger partial charge in [-0.05, 0) is 49.1 Å². The van der Waals surface area contributed by atoms with Crippen LogP contribution < -0.4 is 5.32 Å². The Labute approximate surface area is 141 Å². The van der Waals surface area contributed by atoms with Crippen LogP contribution in [0.3, 0.4) is 0 Å². The first-order valence-electron chi connectivity index (χ1n) is 7.06. The van der Waals surface area contributed by atoms with Gasteiger partial charge in [0.2, 0.25) is 0 Å². The highest BCUT2D eigenvalue weighted by Crippen LogP contribution is 2.19. The summed E-state index contributed by atoms with van der Waals surface area (Å²) in [4.78, 5) is 24.5. The quantitative estimate of drug-likeness (QED) is 0.656. The van der Waals surface area contributed by atoms with Crippen LogP contribution in [0.4, 0.5) is 14.5 Å². The van der Waals surface area contributed by atoms with Gasteiger partial charge in [0.25, 0.3) is 5.91 Å². The van der Waals surface area contributed by atoms with E-state index in [1.165, 1.54) is 30.4 Å². The first kappa shape index (κ1) is 17.8. The molecule has 1 atom stereocenters. The molecule has 0 saturated carbocycles. The number of para-hydroxylation sites is 1. The number of carbonyl (C=O) groups is 2. The minimum atomic E-state index is -1.20. The van der Waals surface area contributed by atoms with E-state index in [0.717, 1.165) is 22.6 Å². The van der Waals surface area contributed by atoms with Crippen LogP contribution in [0.5, 0.6) is 0 Å². The smallest absolute Gasteiger partial charge is 0.331 e. The number of amides is 1. The fraction of sp³-hybridized carbons (Fsp3) is 0.176. The highest BCUT2D eigenvalue weighted by Gasteiger charge is 2.19. The summed E-state index contributed by atoms with van der Waals surface area (Å²) in [5, 5.41) is 3.96. The lowest BCUT2D eigenvalue weighted by atomic mass is 10.2. The van der Waals surface area contributed by atoms with Crippen LogP contribution in [0.25, 0.3) is 6.08 Å². The van der Waals surface area contributed by atoms with E-state index in [2.05, 4.69) is 5.32 Å². The van der Waals surface area contributed by atoms with Crippen LogP contribution in [-0.2, 0) is 14.3 Å². The van der Waals surface area contributed by atoms with Crippen molar-refractivity contribution in [3.05, 3.63) is 57.8 Å². The first-order valence-corrected chi connectivity index (χ1v) is 7.94. The van der Waals surface area contributed by atoms with Crippen molar-refractivity contribution in [2.24, 2.45) is 0 Å². The number of hydrogen-bond donors (Lipinski definition) is 1. The van der Waals surface area contributed by atoms with Gasteiger partial charge in [0.05, 0.1) is 0 Å². The number of rotatable bonds is 5. The molecule has 4 nitrogen and oxygen atoms in total. The predicted molar refractivity (Wildman–Crippen MR) is 88.6 cm³/mol. The summed E-state index contributed by atoms with van der Waals surface area (Å²) in [5.74, 6) is -3.36. The third kappa shape index (κ3) is 4.48. The number of halogens is 2. The Morgan fingerprint density at radius 1 is 1.25 bits per heavy atom.